The number of hydrogen-bond acceptors (Lipinski definition) is 6. The van der Waals surface area contributed by atoms with E-state index in [2.05, 4.69) is 5.16 Å². The largest absolute Gasteiger partial charge is 0.465 e. The molecule has 0 spiro atoms. The standard InChI is InChI=1S/C15H20N2O4/c1-2-3-9-20-14(18)13(10-16)11-17-21-15(19)12-7-5-4-6-8-12/h4-8,11,13H,2-3,9-10,16H2,1H3/b17-11+. The molecule has 0 aromatic heterocycles. The predicted octanol–water partition coefficient (Wildman–Crippen LogP) is 1.75. The number of nitrogens with two attached hydrogens (primary N) is 1. The van der Waals surface area contributed by atoms with E-state index < -0.39 is 17.9 Å². The Morgan fingerprint density at radius 2 is 2.05 bits per heavy atom. The summed E-state index contributed by atoms with van der Waals surface area (Å²) in [5.41, 5.74) is 5.85. The average molecular weight is 292 g/mol. The van der Waals surface area contributed by atoms with Gasteiger partial charge in [-0.05, 0) is 18.6 Å². The number of esters is 1. The summed E-state index contributed by atoms with van der Waals surface area (Å²) < 4.78 is 5.03. The molecular weight excluding hydrogens is 272 g/mol. The molecule has 0 bridgehead atoms. The molecule has 6 heteroatoms. The van der Waals surface area contributed by atoms with Gasteiger partial charge in [0.1, 0.15) is 5.92 Å². The van der Waals surface area contributed by atoms with Crippen molar-refractivity contribution in [3.05, 3.63) is 35.9 Å². The third-order valence-electron chi connectivity index (χ3n) is 2.68. The molecule has 1 atom stereocenters. The first-order valence-corrected chi connectivity index (χ1v) is 6.85. The molecule has 1 rings (SSSR count). The summed E-state index contributed by atoms with van der Waals surface area (Å²) in [7, 11) is 0. The fourth-order valence-electron chi connectivity index (χ4n) is 1.42. The van der Waals surface area contributed by atoms with Gasteiger partial charge in [0.05, 0.1) is 18.4 Å². The van der Waals surface area contributed by atoms with Gasteiger partial charge in [-0.25, -0.2) is 4.79 Å². The maximum atomic E-state index is 11.7. The second-order valence-electron chi connectivity index (χ2n) is 4.36. The molecule has 0 saturated heterocycles. The lowest BCUT2D eigenvalue weighted by Crippen LogP contribution is -2.27. The number of carbonyl (C=O) groups excluding carboxylic acids is 2. The van der Waals surface area contributed by atoms with Gasteiger partial charge in [0, 0.05) is 6.54 Å². The summed E-state index contributed by atoms with van der Waals surface area (Å²) in [5, 5.41) is 3.51. The van der Waals surface area contributed by atoms with Crippen molar-refractivity contribution in [2.45, 2.75) is 19.8 Å². The first kappa shape index (κ1) is 16.8. The molecule has 0 saturated carbocycles. The highest BCUT2D eigenvalue weighted by molar-refractivity contribution is 5.91. The van der Waals surface area contributed by atoms with E-state index >= 15 is 0 Å². The lowest BCUT2D eigenvalue weighted by atomic mass is 10.2. The zero-order valence-electron chi connectivity index (χ0n) is 12.0. The lowest BCUT2D eigenvalue weighted by molar-refractivity contribution is -0.145. The zero-order valence-corrected chi connectivity index (χ0v) is 12.0. The Balaban J connectivity index is 2.45. The van der Waals surface area contributed by atoms with Gasteiger partial charge in [-0.2, -0.15) is 0 Å². The van der Waals surface area contributed by atoms with Gasteiger partial charge >= 0.3 is 11.9 Å². The summed E-state index contributed by atoms with van der Waals surface area (Å²) in [6.45, 7) is 2.39. The number of ether oxygens (including phenoxy) is 1. The fourth-order valence-corrected chi connectivity index (χ4v) is 1.42. The number of nitrogens with zero attached hydrogens (tertiary/aromatic N) is 1. The Labute approximate surface area is 123 Å². The molecule has 114 valence electrons. The molecule has 0 aliphatic carbocycles. The van der Waals surface area contributed by atoms with E-state index in [0.29, 0.717) is 12.2 Å². The highest BCUT2D eigenvalue weighted by Crippen LogP contribution is 2.02. The molecule has 1 aromatic carbocycles. The van der Waals surface area contributed by atoms with Crippen LogP contribution in [0.25, 0.3) is 0 Å². The second kappa shape index (κ2) is 9.66. The van der Waals surface area contributed by atoms with Crippen molar-refractivity contribution in [1.29, 1.82) is 0 Å². The minimum atomic E-state index is -0.717. The smallest absolute Gasteiger partial charge is 0.365 e. The van der Waals surface area contributed by atoms with Crippen LogP contribution in [0.3, 0.4) is 0 Å². The van der Waals surface area contributed by atoms with Gasteiger partial charge in [-0.1, -0.05) is 36.7 Å². The van der Waals surface area contributed by atoms with E-state index in [1.807, 2.05) is 6.92 Å². The molecule has 0 amide bonds. The normalized spacial score (nSPS) is 12.1. The maximum Gasteiger partial charge on any atom is 0.365 e. The van der Waals surface area contributed by atoms with Crippen LogP contribution >= 0.6 is 0 Å². The zero-order chi connectivity index (χ0) is 15.5. The molecule has 0 aliphatic heterocycles. The highest BCUT2D eigenvalue weighted by atomic mass is 16.7. The highest BCUT2D eigenvalue weighted by Gasteiger charge is 2.16. The van der Waals surface area contributed by atoms with Crippen LogP contribution in [0.1, 0.15) is 30.1 Å². The third kappa shape index (κ3) is 6.18. The molecule has 0 fully saturated rings. The van der Waals surface area contributed by atoms with Crippen LogP contribution in [0.15, 0.2) is 35.5 Å². The predicted molar refractivity (Wildman–Crippen MR) is 78.8 cm³/mol. The van der Waals surface area contributed by atoms with E-state index in [-0.39, 0.29) is 6.54 Å². The molecule has 6 nitrogen and oxygen atoms in total. The molecule has 2 N–H and O–H groups in total. The Hall–Kier alpha value is -2.21. The van der Waals surface area contributed by atoms with Gasteiger partial charge in [0.15, 0.2) is 0 Å². The topological polar surface area (TPSA) is 91.0 Å². The minimum Gasteiger partial charge on any atom is -0.465 e. The molecule has 0 heterocycles. The van der Waals surface area contributed by atoms with Crippen LogP contribution in [0.5, 0.6) is 0 Å². The number of benzene rings is 1. The SMILES string of the molecule is CCCCOC(=O)C(/C=N/OC(=O)c1ccccc1)CN. The van der Waals surface area contributed by atoms with Gasteiger partial charge in [-0.15, -0.1) is 0 Å². The van der Waals surface area contributed by atoms with Crippen LogP contribution in [-0.4, -0.2) is 31.3 Å². The quantitative estimate of drug-likeness (QED) is 0.259. The fraction of sp³-hybridized carbons (Fsp3) is 0.400. The average Bonchev–Trinajstić information content (AvgIpc) is 2.52. The summed E-state index contributed by atoms with van der Waals surface area (Å²) in [4.78, 5) is 28.0. The van der Waals surface area contributed by atoms with Gasteiger partial charge < -0.3 is 15.3 Å². The molecule has 1 aromatic rings. The van der Waals surface area contributed by atoms with Gasteiger partial charge in [-0.3, -0.25) is 4.79 Å². The Morgan fingerprint density at radius 3 is 2.67 bits per heavy atom. The minimum absolute atomic E-state index is 0.0390. The van der Waals surface area contributed by atoms with Crippen LogP contribution in [0.2, 0.25) is 0 Å². The number of oxime groups is 1. The van der Waals surface area contributed by atoms with E-state index in [9.17, 15) is 9.59 Å². The van der Waals surface area contributed by atoms with Crippen molar-refractivity contribution in [2.24, 2.45) is 16.8 Å². The van der Waals surface area contributed by atoms with Crippen molar-refractivity contribution in [1.82, 2.24) is 0 Å². The van der Waals surface area contributed by atoms with E-state index in [0.717, 1.165) is 12.8 Å². The van der Waals surface area contributed by atoms with Crippen molar-refractivity contribution in [3.8, 4) is 0 Å². The van der Waals surface area contributed by atoms with Crippen molar-refractivity contribution >= 4 is 18.2 Å². The van der Waals surface area contributed by atoms with Crippen LogP contribution in [0.4, 0.5) is 0 Å². The molecule has 1 unspecified atom stereocenters. The van der Waals surface area contributed by atoms with Crippen LogP contribution < -0.4 is 5.73 Å². The van der Waals surface area contributed by atoms with E-state index in [1.54, 1.807) is 30.3 Å². The first-order valence-electron chi connectivity index (χ1n) is 6.85. The van der Waals surface area contributed by atoms with E-state index in [1.165, 1.54) is 6.21 Å². The summed E-state index contributed by atoms with van der Waals surface area (Å²) in [5.74, 6) is -1.78. The second-order valence-corrected chi connectivity index (χ2v) is 4.36. The monoisotopic (exact) mass is 292 g/mol. The van der Waals surface area contributed by atoms with Crippen molar-refractivity contribution in [2.75, 3.05) is 13.2 Å². The molecule has 0 aliphatic rings. The molecule has 0 radical (unpaired) electrons. The Kier molecular flexibility index (Phi) is 7.74. The molecular formula is C15H20N2O4. The first-order chi connectivity index (χ1) is 10.2. The summed E-state index contributed by atoms with van der Waals surface area (Å²) in [6, 6.07) is 8.44. The van der Waals surface area contributed by atoms with Crippen molar-refractivity contribution in [3.63, 3.8) is 0 Å². The Bertz CT molecular complexity index is 474. The number of unbranched alkanes of at least 4 members (excludes halogenated alkanes) is 1. The van der Waals surface area contributed by atoms with Gasteiger partial charge in [0.25, 0.3) is 0 Å². The Morgan fingerprint density at radius 1 is 1.33 bits per heavy atom. The maximum absolute atomic E-state index is 11.7. The summed E-state index contributed by atoms with van der Waals surface area (Å²) >= 11 is 0. The van der Waals surface area contributed by atoms with Crippen LogP contribution in [-0.2, 0) is 14.4 Å². The van der Waals surface area contributed by atoms with Gasteiger partial charge in [0.2, 0.25) is 0 Å². The van der Waals surface area contributed by atoms with Crippen molar-refractivity contribution < 1.29 is 19.2 Å². The molecule has 21 heavy (non-hydrogen) atoms. The number of hydrogen-bond donors (Lipinski definition) is 1. The number of rotatable bonds is 8. The lowest BCUT2D eigenvalue weighted by Gasteiger charge is -2.08. The number of carbonyl (C=O) groups is 2. The van der Waals surface area contributed by atoms with E-state index in [4.69, 9.17) is 15.3 Å². The van der Waals surface area contributed by atoms with Crippen LogP contribution in [0, 0.1) is 5.92 Å². The third-order valence-corrected chi connectivity index (χ3v) is 2.68. The summed E-state index contributed by atoms with van der Waals surface area (Å²) in [6.07, 6.45) is 2.92.